The Hall–Kier alpha value is -2.01. The van der Waals surface area contributed by atoms with Gasteiger partial charge in [0.1, 0.15) is 5.75 Å². The summed E-state index contributed by atoms with van der Waals surface area (Å²) in [5.41, 5.74) is 2.01. The van der Waals surface area contributed by atoms with Crippen LogP contribution in [0.2, 0.25) is 0 Å². The molecule has 24 heavy (non-hydrogen) atoms. The van der Waals surface area contributed by atoms with Crippen LogP contribution in [0.1, 0.15) is 19.3 Å². The number of piperidine rings is 1. The van der Waals surface area contributed by atoms with Crippen molar-refractivity contribution >= 4 is 33.2 Å². The molecule has 0 atom stereocenters. The number of hydrogen-bond donors (Lipinski definition) is 1. The molecule has 4 nitrogen and oxygen atoms in total. The average molecular weight is 389 g/mol. The van der Waals surface area contributed by atoms with Crippen LogP contribution in [0.15, 0.2) is 53.0 Å². The summed E-state index contributed by atoms with van der Waals surface area (Å²) < 4.78 is 6.45. The van der Waals surface area contributed by atoms with Crippen molar-refractivity contribution in [2.45, 2.75) is 19.3 Å². The summed E-state index contributed by atoms with van der Waals surface area (Å²) in [5, 5.41) is 2.86. The number of nitrogens with zero attached hydrogens (tertiary/aromatic N) is 1. The second-order valence-corrected chi connectivity index (χ2v) is 6.80. The molecule has 0 aliphatic carbocycles. The zero-order valence-corrected chi connectivity index (χ0v) is 15.1. The molecule has 5 heteroatoms. The molecule has 1 aliphatic rings. The molecule has 0 saturated carbocycles. The number of hydrogen-bond acceptors (Lipinski definition) is 3. The monoisotopic (exact) mass is 388 g/mol. The maximum atomic E-state index is 12.0. The summed E-state index contributed by atoms with van der Waals surface area (Å²) >= 11 is 3.37. The molecule has 1 fully saturated rings. The molecule has 0 unspecified atom stereocenters. The molecule has 0 bridgehead atoms. The van der Waals surface area contributed by atoms with Gasteiger partial charge in [0.2, 0.25) is 0 Å². The van der Waals surface area contributed by atoms with E-state index in [-0.39, 0.29) is 12.5 Å². The van der Waals surface area contributed by atoms with Gasteiger partial charge in [0.15, 0.2) is 6.61 Å². The number of anilines is 2. The lowest BCUT2D eigenvalue weighted by molar-refractivity contribution is -0.118. The summed E-state index contributed by atoms with van der Waals surface area (Å²) in [5.74, 6) is 0.512. The maximum Gasteiger partial charge on any atom is 0.262 e. The Labute approximate surface area is 150 Å². The molecule has 1 amide bonds. The van der Waals surface area contributed by atoms with Crippen LogP contribution in [-0.2, 0) is 4.79 Å². The quantitative estimate of drug-likeness (QED) is 0.821. The summed E-state index contributed by atoms with van der Waals surface area (Å²) in [7, 11) is 0. The topological polar surface area (TPSA) is 41.6 Å². The molecule has 126 valence electrons. The lowest BCUT2D eigenvalue weighted by atomic mass is 10.1. The van der Waals surface area contributed by atoms with E-state index in [2.05, 4.69) is 38.3 Å². The lowest BCUT2D eigenvalue weighted by Crippen LogP contribution is -2.29. The van der Waals surface area contributed by atoms with Gasteiger partial charge in [0, 0.05) is 28.9 Å². The van der Waals surface area contributed by atoms with Crippen molar-refractivity contribution < 1.29 is 9.53 Å². The first-order chi connectivity index (χ1) is 11.7. The molecule has 1 heterocycles. The average Bonchev–Trinajstić information content (AvgIpc) is 2.63. The van der Waals surface area contributed by atoms with Crippen LogP contribution >= 0.6 is 15.9 Å². The zero-order chi connectivity index (χ0) is 16.8. The van der Waals surface area contributed by atoms with Crippen molar-refractivity contribution in [2.75, 3.05) is 29.9 Å². The molecule has 0 spiro atoms. The van der Waals surface area contributed by atoms with Gasteiger partial charge in [0.05, 0.1) is 0 Å². The van der Waals surface area contributed by atoms with Gasteiger partial charge in [-0.3, -0.25) is 4.79 Å². The van der Waals surface area contributed by atoms with E-state index in [1.807, 2.05) is 36.4 Å². The first-order valence-corrected chi connectivity index (χ1v) is 9.03. The van der Waals surface area contributed by atoms with Crippen molar-refractivity contribution in [1.82, 2.24) is 0 Å². The highest BCUT2D eigenvalue weighted by Crippen LogP contribution is 2.22. The van der Waals surface area contributed by atoms with E-state index in [0.717, 1.165) is 23.2 Å². The van der Waals surface area contributed by atoms with Crippen molar-refractivity contribution in [1.29, 1.82) is 0 Å². The molecule has 1 aliphatic heterocycles. The largest absolute Gasteiger partial charge is 0.484 e. The standard InChI is InChI=1S/C19H21BrN2O2/c20-15-4-10-18(11-5-15)24-14-19(23)21-16-6-8-17(9-7-16)22-12-2-1-3-13-22/h4-11H,1-3,12-14H2,(H,21,23). The van der Waals surface area contributed by atoms with Crippen LogP contribution in [0, 0.1) is 0 Å². The third-order valence-electron chi connectivity index (χ3n) is 4.06. The minimum Gasteiger partial charge on any atom is -0.484 e. The van der Waals surface area contributed by atoms with Gasteiger partial charge >= 0.3 is 0 Å². The summed E-state index contributed by atoms with van der Waals surface area (Å²) in [6, 6.07) is 15.4. The molecule has 1 N–H and O–H groups in total. The van der Waals surface area contributed by atoms with E-state index in [9.17, 15) is 4.79 Å². The number of nitrogens with one attached hydrogen (secondary N) is 1. The number of rotatable bonds is 5. The molecule has 0 radical (unpaired) electrons. The fourth-order valence-electron chi connectivity index (χ4n) is 2.78. The predicted octanol–water partition coefficient (Wildman–Crippen LogP) is 4.46. The minimum absolute atomic E-state index is 0.00446. The highest BCUT2D eigenvalue weighted by atomic mass is 79.9. The van der Waals surface area contributed by atoms with Crippen LogP contribution in [0.25, 0.3) is 0 Å². The van der Waals surface area contributed by atoms with Gasteiger partial charge < -0.3 is 15.0 Å². The molecular weight excluding hydrogens is 368 g/mol. The molecule has 3 rings (SSSR count). The third-order valence-corrected chi connectivity index (χ3v) is 4.58. The maximum absolute atomic E-state index is 12.0. The highest BCUT2D eigenvalue weighted by Gasteiger charge is 2.11. The molecule has 1 saturated heterocycles. The van der Waals surface area contributed by atoms with Gasteiger partial charge in [0.25, 0.3) is 5.91 Å². The third kappa shape index (κ3) is 4.74. The van der Waals surface area contributed by atoms with E-state index in [0.29, 0.717) is 5.75 Å². The van der Waals surface area contributed by atoms with E-state index >= 15 is 0 Å². The molecule has 2 aromatic carbocycles. The second-order valence-electron chi connectivity index (χ2n) is 5.89. The van der Waals surface area contributed by atoms with E-state index < -0.39 is 0 Å². The normalized spacial score (nSPS) is 14.3. The smallest absolute Gasteiger partial charge is 0.262 e. The van der Waals surface area contributed by atoms with Crippen LogP contribution in [0.5, 0.6) is 5.75 Å². The van der Waals surface area contributed by atoms with Crippen LogP contribution in [-0.4, -0.2) is 25.6 Å². The molecule has 0 aromatic heterocycles. The Bertz CT molecular complexity index is 665. The Balaban J connectivity index is 1.49. The van der Waals surface area contributed by atoms with Gasteiger partial charge in [-0.2, -0.15) is 0 Å². The molecule has 2 aromatic rings. The summed E-state index contributed by atoms with van der Waals surface area (Å²) in [6.45, 7) is 2.23. The summed E-state index contributed by atoms with van der Waals surface area (Å²) in [4.78, 5) is 14.4. The number of ether oxygens (including phenoxy) is 1. The number of amides is 1. The Kier molecular flexibility index (Phi) is 5.75. The zero-order valence-electron chi connectivity index (χ0n) is 13.5. The Morgan fingerprint density at radius 2 is 1.67 bits per heavy atom. The highest BCUT2D eigenvalue weighted by molar-refractivity contribution is 9.10. The number of carbonyl (C=O) groups is 1. The van der Waals surface area contributed by atoms with Crippen LogP contribution in [0.3, 0.4) is 0 Å². The van der Waals surface area contributed by atoms with Crippen molar-refractivity contribution in [3.05, 3.63) is 53.0 Å². The van der Waals surface area contributed by atoms with E-state index in [4.69, 9.17) is 4.74 Å². The lowest BCUT2D eigenvalue weighted by Gasteiger charge is -2.28. The number of carbonyl (C=O) groups excluding carboxylic acids is 1. The van der Waals surface area contributed by atoms with Gasteiger partial charge in [-0.25, -0.2) is 0 Å². The van der Waals surface area contributed by atoms with Gasteiger partial charge in [-0.15, -0.1) is 0 Å². The SMILES string of the molecule is O=C(COc1ccc(Br)cc1)Nc1ccc(N2CCCCC2)cc1. The Morgan fingerprint density at radius 3 is 2.33 bits per heavy atom. The Morgan fingerprint density at radius 1 is 1.00 bits per heavy atom. The minimum atomic E-state index is -0.163. The molecular formula is C19H21BrN2O2. The van der Waals surface area contributed by atoms with Crippen LogP contribution < -0.4 is 15.0 Å². The van der Waals surface area contributed by atoms with Crippen molar-refractivity contribution in [2.24, 2.45) is 0 Å². The first-order valence-electron chi connectivity index (χ1n) is 8.24. The van der Waals surface area contributed by atoms with Gasteiger partial charge in [-0.1, -0.05) is 15.9 Å². The fraction of sp³-hybridized carbons (Fsp3) is 0.316. The second kappa shape index (κ2) is 8.20. The van der Waals surface area contributed by atoms with Crippen molar-refractivity contribution in [3.8, 4) is 5.75 Å². The van der Waals surface area contributed by atoms with Crippen molar-refractivity contribution in [3.63, 3.8) is 0 Å². The van der Waals surface area contributed by atoms with Gasteiger partial charge in [-0.05, 0) is 67.8 Å². The van der Waals surface area contributed by atoms with E-state index in [1.54, 1.807) is 0 Å². The fourth-order valence-corrected chi connectivity index (χ4v) is 3.05. The van der Waals surface area contributed by atoms with Crippen LogP contribution in [0.4, 0.5) is 11.4 Å². The summed E-state index contributed by atoms with van der Waals surface area (Å²) in [6.07, 6.45) is 3.83. The number of benzene rings is 2. The predicted molar refractivity (Wildman–Crippen MR) is 101 cm³/mol. The first kappa shape index (κ1) is 16.8. The van der Waals surface area contributed by atoms with E-state index in [1.165, 1.54) is 24.9 Å². The number of halogens is 1.